The lowest BCUT2D eigenvalue weighted by Crippen LogP contribution is -2.39. The zero-order chi connectivity index (χ0) is 13.1. The minimum absolute atomic E-state index is 0.0653. The number of hydrogen-bond donors (Lipinski definition) is 2. The van der Waals surface area contributed by atoms with Crippen LogP contribution in [-0.2, 0) is 6.61 Å². The molecular weight excluding hydrogens is 284 g/mol. The molecule has 0 fully saturated rings. The molecular formula is C12H19BrN2O2. The summed E-state index contributed by atoms with van der Waals surface area (Å²) < 4.78 is 0.838. The molecule has 0 aliphatic heterocycles. The van der Waals surface area contributed by atoms with Gasteiger partial charge in [0.05, 0.1) is 12.2 Å². The first-order valence-electron chi connectivity index (χ1n) is 5.60. The van der Waals surface area contributed by atoms with Crippen LogP contribution in [0.2, 0.25) is 0 Å². The second kappa shape index (κ2) is 5.80. The average Bonchev–Trinajstić information content (AvgIpc) is 2.24. The first-order chi connectivity index (χ1) is 7.87. The van der Waals surface area contributed by atoms with Crippen LogP contribution >= 0.6 is 15.9 Å². The zero-order valence-electron chi connectivity index (χ0n) is 10.4. The summed E-state index contributed by atoms with van der Waals surface area (Å²) >= 11 is 3.33. The summed E-state index contributed by atoms with van der Waals surface area (Å²) in [5, 5.41) is 19.2. The van der Waals surface area contributed by atoms with E-state index in [1.165, 1.54) is 0 Å². The highest BCUT2D eigenvalue weighted by Gasteiger charge is 2.20. The van der Waals surface area contributed by atoms with Crippen LogP contribution in [-0.4, -0.2) is 33.9 Å². The van der Waals surface area contributed by atoms with Crippen molar-refractivity contribution in [3.05, 3.63) is 22.3 Å². The van der Waals surface area contributed by atoms with E-state index < -0.39 is 5.60 Å². The van der Waals surface area contributed by atoms with Crippen molar-refractivity contribution in [1.29, 1.82) is 0 Å². The third-order valence-electron chi connectivity index (χ3n) is 2.34. The van der Waals surface area contributed by atoms with E-state index in [2.05, 4.69) is 20.9 Å². The molecule has 1 rings (SSSR count). The van der Waals surface area contributed by atoms with Crippen LogP contribution < -0.4 is 4.90 Å². The highest BCUT2D eigenvalue weighted by molar-refractivity contribution is 9.10. The number of likely N-dealkylation sites (N-methyl/N-ethyl adjacent to an activating group) is 1. The smallest absolute Gasteiger partial charge is 0.134 e. The lowest BCUT2D eigenvalue weighted by atomic mass is 10.1. The molecule has 17 heavy (non-hydrogen) atoms. The Hall–Kier alpha value is -0.650. The fraction of sp³-hybridized carbons (Fsp3) is 0.583. The summed E-state index contributed by atoms with van der Waals surface area (Å²) in [6.45, 7) is 6.65. The Morgan fingerprint density at radius 1 is 1.47 bits per heavy atom. The number of nitrogens with zero attached hydrogens (tertiary/aromatic N) is 2. The molecule has 5 heteroatoms. The monoisotopic (exact) mass is 302 g/mol. The van der Waals surface area contributed by atoms with Crippen molar-refractivity contribution in [3.63, 3.8) is 0 Å². The van der Waals surface area contributed by atoms with Crippen molar-refractivity contribution in [2.45, 2.75) is 33.0 Å². The van der Waals surface area contributed by atoms with E-state index in [9.17, 15) is 10.2 Å². The predicted molar refractivity (Wildman–Crippen MR) is 72.0 cm³/mol. The molecule has 0 radical (unpaired) electrons. The molecule has 1 heterocycles. The van der Waals surface area contributed by atoms with Gasteiger partial charge < -0.3 is 15.1 Å². The maximum Gasteiger partial charge on any atom is 0.134 e. The Balaban J connectivity index is 3.03. The summed E-state index contributed by atoms with van der Waals surface area (Å²) in [5.41, 5.74) is -0.0391. The number of aromatic nitrogens is 1. The minimum Gasteiger partial charge on any atom is -0.392 e. The minimum atomic E-state index is -0.794. The largest absolute Gasteiger partial charge is 0.392 e. The molecule has 2 N–H and O–H groups in total. The fourth-order valence-corrected chi connectivity index (χ4v) is 2.06. The maximum atomic E-state index is 9.86. The molecule has 0 spiro atoms. The van der Waals surface area contributed by atoms with Gasteiger partial charge in [0, 0.05) is 29.3 Å². The molecule has 0 aliphatic carbocycles. The van der Waals surface area contributed by atoms with Crippen LogP contribution in [0.25, 0.3) is 0 Å². The number of hydrogen-bond acceptors (Lipinski definition) is 4. The van der Waals surface area contributed by atoms with Gasteiger partial charge >= 0.3 is 0 Å². The molecule has 0 bridgehead atoms. The van der Waals surface area contributed by atoms with Crippen LogP contribution in [0.5, 0.6) is 0 Å². The molecule has 4 nitrogen and oxygen atoms in total. The Morgan fingerprint density at radius 2 is 2.12 bits per heavy atom. The van der Waals surface area contributed by atoms with Crippen molar-refractivity contribution >= 4 is 21.7 Å². The van der Waals surface area contributed by atoms with Crippen LogP contribution in [0.15, 0.2) is 16.7 Å². The molecule has 0 saturated heterocycles. The van der Waals surface area contributed by atoms with Crippen LogP contribution in [0.1, 0.15) is 26.3 Å². The molecule has 1 aromatic rings. The fourth-order valence-electron chi connectivity index (χ4n) is 1.68. The summed E-state index contributed by atoms with van der Waals surface area (Å²) in [7, 11) is 0. The van der Waals surface area contributed by atoms with Gasteiger partial charge in [0.15, 0.2) is 0 Å². The second-order valence-corrected chi connectivity index (χ2v) is 5.54. The summed E-state index contributed by atoms with van der Waals surface area (Å²) in [4.78, 5) is 6.27. The maximum absolute atomic E-state index is 9.86. The van der Waals surface area contributed by atoms with E-state index in [1.54, 1.807) is 20.0 Å². The normalized spacial score (nSPS) is 11.6. The highest BCUT2D eigenvalue weighted by Crippen LogP contribution is 2.23. The number of rotatable bonds is 5. The Bertz CT molecular complexity index is 377. The van der Waals surface area contributed by atoms with Gasteiger partial charge in [-0.3, -0.25) is 0 Å². The summed E-state index contributed by atoms with van der Waals surface area (Å²) in [5.74, 6) is 0.723. The van der Waals surface area contributed by atoms with Crippen molar-refractivity contribution in [1.82, 2.24) is 4.98 Å². The van der Waals surface area contributed by atoms with Crippen molar-refractivity contribution in [3.8, 4) is 0 Å². The van der Waals surface area contributed by atoms with Gasteiger partial charge in [-0.05, 0) is 42.8 Å². The number of anilines is 1. The van der Waals surface area contributed by atoms with E-state index in [0.717, 1.165) is 22.4 Å². The van der Waals surface area contributed by atoms with Crippen molar-refractivity contribution in [2.75, 3.05) is 18.0 Å². The Kier molecular flexibility index (Phi) is 4.91. The van der Waals surface area contributed by atoms with Gasteiger partial charge in [-0.15, -0.1) is 0 Å². The molecule has 0 unspecified atom stereocenters. The number of pyridine rings is 1. The SMILES string of the molecule is CCN(CC(C)(C)O)c1ncc(Br)cc1CO. The number of halogens is 1. The molecule has 0 aliphatic rings. The van der Waals surface area contributed by atoms with Crippen LogP contribution in [0, 0.1) is 0 Å². The van der Waals surface area contributed by atoms with Crippen LogP contribution in [0.3, 0.4) is 0 Å². The average molecular weight is 303 g/mol. The third kappa shape index (κ3) is 4.26. The molecule has 0 atom stereocenters. The number of aliphatic hydroxyl groups is 2. The van der Waals surface area contributed by atoms with Crippen LogP contribution in [0.4, 0.5) is 5.82 Å². The van der Waals surface area contributed by atoms with E-state index in [1.807, 2.05) is 17.9 Å². The van der Waals surface area contributed by atoms with Gasteiger partial charge in [-0.1, -0.05) is 0 Å². The molecule has 0 saturated carbocycles. The van der Waals surface area contributed by atoms with Crippen molar-refractivity contribution in [2.24, 2.45) is 0 Å². The third-order valence-corrected chi connectivity index (χ3v) is 2.77. The summed E-state index contributed by atoms with van der Waals surface area (Å²) in [6.07, 6.45) is 1.70. The standard InChI is InChI=1S/C12H19BrN2O2/c1-4-15(8-12(2,3)17)11-9(7-16)5-10(13)6-14-11/h5-6,16-17H,4,7-8H2,1-3H3. The summed E-state index contributed by atoms with van der Waals surface area (Å²) in [6, 6.07) is 1.84. The lowest BCUT2D eigenvalue weighted by molar-refractivity contribution is 0.0873. The van der Waals surface area contributed by atoms with Gasteiger partial charge in [-0.25, -0.2) is 4.98 Å². The molecule has 0 amide bonds. The van der Waals surface area contributed by atoms with Crippen molar-refractivity contribution < 1.29 is 10.2 Å². The van der Waals surface area contributed by atoms with E-state index in [4.69, 9.17) is 0 Å². The second-order valence-electron chi connectivity index (χ2n) is 4.62. The number of aliphatic hydroxyl groups excluding tert-OH is 1. The van der Waals surface area contributed by atoms with Gasteiger partial charge in [0.1, 0.15) is 5.82 Å². The highest BCUT2D eigenvalue weighted by atomic mass is 79.9. The quantitative estimate of drug-likeness (QED) is 0.873. The van der Waals surface area contributed by atoms with Gasteiger partial charge in [0.2, 0.25) is 0 Å². The van der Waals surface area contributed by atoms with Gasteiger partial charge in [0.25, 0.3) is 0 Å². The van der Waals surface area contributed by atoms with Gasteiger partial charge in [-0.2, -0.15) is 0 Å². The Morgan fingerprint density at radius 3 is 2.59 bits per heavy atom. The zero-order valence-corrected chi connectivity index (χ0v) is 12.0. The predicted octanol–water partition coefficient (Wildman–Crippen LogP) is 1.93. The van der Waals surface area contributed by atoms with E-state index in [0.29, 0.717) is 6.54 Å². The topological polar surface area (TPSA) is 56.6 Å². The lowest BCUT2D eigenvalue weighted by Gasteiger charge is -2.30. The van der Waals surface area contributed by atoms with E-state index >= 15 is 0 Å². The molecule has 0 aromatic carbocycles. The first kappa shape index (κ1) is 14.4. The molecule has 1 aromatic heterocycles. The Labute approximate surface area is 110 Å². The van der Waals surface area contributed by atoms with E-state index in [-0.39, 0.29) is 6.61 Å². The molecule has 96 valence electrons. The first-order valence-corrected chi connectivity index (χ1v) is 6.39.